The van der Waals surface area contributed by atoms with Crippen LogP contribution in [0, 0.1) is 5.92 Å². The zero-order valence-electron chi connectivity index (χ0n) is 13.3. The normalized spacial score (nSPS) is 16.0. The number of benzene rings is 1. The maximum atomic E-state index is 6.23. The van der Waals surface area contributed by atoms with Crippen LogP contribution < -0.4 is 0 Å². The van der Waals surface area contributed by atoms with Gasteiger partial charge in [0, 0.05) is 29.3 Å². The molecule has 0 unspecified atom stereocenters. The third-order valence-electron chi connectivity index (χ3n) is 4.53. The van der Waals surface area contributed by atoms with Gasteiger partial charge in [-0.3, -0.25) is 0 Å². The van der Waals surface area contributed by atoms with Gasteiger partial charge in [-0.25, -0.2) is 0 Å². The molecule has 0 bridgehead atoms. The fourth-order valence-corrected chi connectivity index (χ4v) is 4.78. The summed E-state index contributed by atoms with van der Waals surface area (Å²) in [7, 11) is 2.05. The van der Waals surface area contributed by atoms with Crippen molar-refractivity contribution in [3.63, 3.8) is 0 Å². The third-order valence-corrected chi connectivity index (χ3v) is 6.28. The molecule has 0 radical (unpaired) electrons. The number of rotatable bonds is 5. The molecule has 1 aliphatic rings. The first kappa shape index (κ1) is 17.1. The molecular weight excluding hydrogens is 349 g/mol. The fourth-order valence-electron chi connectivity index (χ4n) is 3.10. The SMILES string of the molecule is Cn1c(CC2CCCCC2)nnc1SCc1c(Cl)cccc1Cl. The summed E-state index contributed by atoms with van der Waals surface area (Å²) in [6, 6.07) is 5.60. The molecule has 1 aromatic carbocycles. The van der Waals surface area contributed by atoms with Gasteiger partial charge < -0.3 is 4.57 Å². The highest BCUT2D eigenvalue weighted by atomic mass is 35.5. The van der Waals surface area contributed by atoms with Crippen LogP contribution in [0.1, 0.15) is 43.5 Å². The highest BCUT2D eigenvalue weighted by Crippen LogP contribution is 2.31. The van der Waals surface area contributed by atoms with Crippen LogP contribution >= 0.6 is 35.0 Å². The van der Waals surface area contributed by atoms with Crippen LogP contribution in [-0.4, -0.2) is 14.8 Å². The van der Waals surface area contributed by atoms with Gasteiger partial charge in [-0.1, -0.05) is 73.1 Å². The smallest absolute Gasteiger partial charge is 0.191 e. The summed E-state index contributed by atoms with van der Waals surface area (Å²) in [5.41, 5.74) is 0.956. The van der Waals surface area contributed by atoms with Crippen LogP contribution in [0.15, 0.2) is 23.4 Å². The van der Waals surface area contributed by atoms with E-state index < -0.39 is 0 Å². The summed E-state index contributed by atoms with van der Waals surface area (Å²) in [5.74, 6) is 2.56. The molecule has 3 rings (SSSR count). The zero-order chi connectivity index (χ0) is 16.2. The molecule has 1 heterocycles. The van der Waals surface area contributed by atoms with Crippen LogP contribution in [0.5, 0.6) is 0 Å². The summed E-state index contributed by atoms with van der Waals surface area (Å²) in [4.78, 5) is 0. The first-order chi connectivity index (χ1) is 11.1. The number of thioether (sulfide) groups is 1. The van der Waals surface area contributed by atoms with E-state index in [2.05, 4.69) is 21.8 Å². The second-order valence-electron chi connectivity index (χ2n) is 6.15. The van der Waals surface area contributed by atoms with Crippen molar-refractivity contribution >= 4 is 35.0 Å². The van der Waals surface area contributed by atoms with E-state index in [1.807, 2.05) is 18.2 Å². The quantitative estimate of drug-likeness (QED) is 0.648. The van der Waals surface area contributed by atoms with Crippen LogP contribution in [0.3, 0.4) is 0 Å². The Morgan fingerprint density at radius 1 is 1.13 bits per heavy atom. The molecule has 124 valence electrons. The zero-order valence-corrected chi connectivity index (χ0v) is 15.6. The van der Waals surface area contributed by atoms with Gasteiger partial charge in [-0.2, -0.15) is 0 Å². The average Bonchev–Trinajstić information content (AvgIpc) is 2.89. The monoisotopic (exact) mass is 369 g/mol. The minimum Gasteiger partial charge on any atom is -0.309 e. The molecule has 1 aromatic heterocycles. The van der Waals surface area contributed by atoms with Crippen molar-refractivity contribution in [3.8, 4) is 0 Å². The number of hydrogen-bond donors (Lipinski definition) is 0. The number of halogens is 2. The Bertz CT molecular complexity index is 646. The summed E-state index contributed by atoms with van der Waals surface area (Å²) in [6.45, 7) is 0. The third kappa shape index (κ3) is 4.23. The molecular formula is C17H21Cl2N3S. The van der Waals surface area contributed by atoms with Crippen molar-refractivity contribution in [2.75, 3.05) is 0 Å². The molecule has 1 fully saturated rings. The van der Waals surface area contributed by atoms with Gasteiger partial charge in [-0.05, 0) is 23.6 Å². The minimum absolute atomic E-state index is 0.702. The lowest BCUT2D eigenvalue weighted by atomic mass is 9.87. The topological polar surface area (TPSA) is 30.7 Å². The number of nitrogens with zero attached hydrogens (tertiary/aromatic N) is 3. The average molecular weight is 370 g/mol. The fraction of sp³-hybridized carbons (Fsp3) is 0.529. The molecule has 1 aliphatic carbocycles. The van der Waals surface area contributed by atoms with Crippen molar-refractivity contribution in [3.05, 3.63) is 39.6 Å². The summed E-state index contributed by atoms with van der Waals surface area (Å²) >= 11 is 14.1. The van der Waals surface area contributed by atoms with E-state index in [0.717, 1.165) is 28.9 Å². The second kappa shape index (κ2) is 7.91. The Kier molecular flexibility index (Phi) is 5.89. The summed E-state index contributed by atoms with van der Waals surface area (Å²) in [6.07, 6.45) is 7.78. The molecule has 0 aliphatic heterocycles. The largest absolute Gasteiger partial charge is 0.309 e. The Labute approximate surface area is 151 Å². The lowest BCUT2D eigenvalue weighted by Gasteiger charge is -2.20. The molecule has 0 amide bonds. The minimum atomic E-state index is 0.702. The van der Waals surface area contributed by atoms with E-state index in [1.54, 1.807) is 11.8 Å². The summed E-state index contributed by atoms with van der Waals surface area (Å²) in [5, 5.41) is 11.1. The molecule has 6 heteroatoms. The maximum Gasteiger partial charge on any atom is 0.191 e. The van der Waals surface area contributed by atoms with E-state index in [0.29, 0.717) is 15.8 Å². The predicted octanol–water partition coefficient (Wildman–Crippen LogP) is 5.54. The van der Waals surface area contributed by atoms with Crippen LogP contribution in [0.25, 0.3) is 0 Å². The van der Waals surface area contributed by atoms with Gasteiger partial charge in [-0.15, -0.1) is 10.2 Å². The van der Waals surface area contributed by atoms with Gasteiger partial charge in [0.1, 0.15) is 5.82 Å². The Hall–Kier alpha value is -0.710. The molecule has 23 heavy (non-hydrogen) atoms. The van der Waals surface area contributed by atoms with Crippen molar-refractivity contribution < 1.29 is 0 Å². The first-order valence-electron chi connectivity index (χ1n) is 8.09. The molecule has 0 saturated heterocycles. The van der Waals surface area contributed by atoms with Gasteiger partial charge in [0.25, 0.3) is 0 Å². The molecule has 2 aromatic rings. The standard InChI is InChI=1S/C17H21Cl2N3S/c1-22-16(10-12-6-3-2-4-7-12)20-21-17(22)23-11-13-14(18)8-5-9-15(13)19/h5,8-9,12H,2-4,6-7,10-11H2,1H3. The van der Waals surface area contributed by atoms with Crippen molar-refractivity contribution in [1.29, 1.82) is 0 Å². The van der Waals surface area contributed by atoms with Crippen LogP contribution in [0.4, 0.5) is 0 Å². The van der Waals surface area contributed by atoms with Gasteiger partial charge >= 0.3 is 0 Å². The highest BCUT2D eigenvalue weighted by molar-refractivity contribution is 7.98. The van der Waals surface area contributed by atoms with E-state index in [1.165, 1.54) is 32.1 Å². The second-order valence-corrected chi connectivity index (χ2v) is 7.91. The maximum absolute atomic E-state index is 6.23. The van der Waals surface area contributed by atoms with E-state index in [-0.39, 0.29) is 0 Å². The molecule has 0 spiro atoms. The van der Waals surface area contributed by atoms with Crippen molar-refractivity contribution in [2.45, 2.75) is 49.4 Å². The van der Waals surface area contributed by atoms with Crippen LogP contribution in [0.2, 0.25) is 10.0 Å². The molecule has 1 saturated carbocycles. The Morgan fingerprint density at radius 2 is 1.83 bits per heavy atom. The van der Waals surface area contributed by atoms with Crippen LogP contribution in [-0.2, 0) is 19.2 Å². The van der Waals surface area contributed by atoms with E-state index in [4.69, 9.17) is 23.2 Å². The Morgan fingerprint density at radius 3 is 2.52 bits per heavy atom. The van der Waals surface area contributed by atoms with Crippen molar-refractivity contribution in [1.82, 2.24) is 14.8 Å². The number of aromatic nitrogens is 3. The molecule has 3 nitrogen and oxygen atoms in total. The van der Waals surface area contributed by atoms with Gasteiger partial charge in [0.15, 0.2) is 5.16 Å². The Balaban J connectivity index is 1.65. The predicted molar refractivity (Wildman–Crippen MR) is 97.3 cm³/mol. The molecule has 0 N–H and O–H groups in total. The summed E-state index contributed by atoms with van der Waals surface area (Å²) < 4.78 is 2.12. The first-order valence-corrected chi connectivity index (χ1v) is 9.83. The lowest BCUT2D eigenvalue weighted by Crippen LogP contribution is -2.12. The van der Waals surface area contributed by atoms with Gasteiger partial charge in [0.05, 0.1) is 0 Å². The lowest BCUT2D eigenvalue weighted by molar-refractivity contribution is 0.348. The highest BCUT2D eigenvalue weighted by Gasteiger charge is 2.18. The van der Waals surface area contributed by atoms with Gasteiger partial charge in [0.2, 0.25) is 0 Å². The number of hydrogen-bond acceptors (Lipinski definition) is 3. The van der Waals surface area contributed by atoms with E-state index in [9.17, 15) is 0 Å². The molecule has 0 atom stereocenters. The van der Waals surface area contributed by atoms with E-state index >= 15 is 0 Å². The van der Waals surface area contributed by atoms with Crippen molar-refractivity contribution in [2.24, 2.45) is 13.0 Å².